The van der Waals surface area contributed by atoms with Crippen molar-refractivity contribution in [3.05, 3.63) is 17.2 Å². The highest BCUT2D eigenvalue weighted by Crippen LogP contribution is 2.18. The van der Waals surface area contributed by atoms with E-state index < -0.39 is 13.0 Å². The zero-order valence-corrected chi connectivity index (χ0v) is 14.3. The largest absolute Gasteiger partial charge is 0.341 e. The van der Waals surface area contributed by atoms with Gasteiger partial charge < -0.3 is 14.4 Å². The molecule has 0 N–H and O–H groups in total. The maximum absolute atomic E-state index is 12.6. The van der Waals surface area contributed by atoms with Crippen LogP contribution in [0.25, 0.3) is 0 Å². The fraction of sp³-hybridized carbons (Fsp3) is 0.733. The molecule has 0 aliphatic carbocycles. The first-order valence-corrected chi connectivity index (χ1v) is 8.18. The summed E-state index contributed by atoms with van der Waals surface area (Å²) < 4.78 is 26.4. The third kappa shape index (κ3) is 4.88. The number of aromatic nitrogens is 2. The second-order valence-corrected chi connectivity index (χ2v) is 6.49. The van der Waals surface area contributed by atoms with Crippen molar-refractivity contribution in [2.45, 2.75) is 44.7 Å². The Bertz CT molecular complexity index is 536. The fourth-order valence-corrected chi connectivity index (χ4v) is 3.12. The van der Waals surface area contributed by atoms with Gasteiger partial charge in [-0.05, 0) is 26.9 Å². The molecular weight excluding hydrogens is 326 g/mol. The summed E-state index contributed by atoms with van der Waals surface area (Å²) in [5, 5.41) is 0.179. The molecule has 8 heteroatoms. The lowest BCUT2D eigenvalue weighted by atomic mass is 10.0. The first-order valence-electron chi connectivity index (χ1n) is 7.80. The van der Waals surface area contributed by atoms with Gasteiger partial charge in [-0.15, -0.1) is 0 Å². The van der Waals surface area contributed by atoms with E-state index in [0.29, 0.717) is 18.3 Å². The molecular formula is C15H23ClF2N4O. The Labute approximate surface area is 140 Å². The summed E-state index contributed by atoms with van der Waals surface area (Å²) in [5.41, 5.74) is 0. The van der Waals surface area contributed by atoms with Crippen LogP contribution < -0.4 is 0 Å². The number of likely N-dealkylation sites (tertiary alicyclic amines) is 1. The van der Waals surface area contributed by atoms with Crippen LogP contribution in [0.15, 0.2) is 6.20 Å². The van der Waals surface area contributed by atoms with Gasteiger partial charge in [0.1, 0.15) is 11.0 Å². The molecule has 1 unspecified atom stereocenters. The third-order valence-corrected chi connectivity index (χ3v) is 4.55. The highest BCUT2D eigenvalue weighted by Gasteiger charge is 2.25. The van der Waals surface area contributed by atoms with E-state index in [1.165, 1.54) is 10.8 Å². The molecule has 23 heavy (non-hydrogen) atoms. The third-order valence-electron chi connectivity index (χ3n) is 4.25. The van der Waals surface area contributed by atoms with E-state index in [-0.39, 0.29) is 17.5 Å². The normalized spacial score (nSPS) is 18.9. The highest BCUT2D eigenvalue weighted by atomic mass is 35.5. The molecule has 1 aromatic rings. The van der Waals surface area contributed by atoms with Crippen LogP contribution in [0, 0.1) is 0 Å². The zero-order chi connectivity index (χ0) is 17.0. The molecule has 1 atom stereocenters. The average Bonchev–Trinajstić information content (AvgIpc) is 2.85. The minimum atomic E-state index is -2.50. The van der Waals surface area contributed by atoms with Gasteiger partial charge in [-0.2, -0.15) is 0 Å². The molecule has 130 valence electrons. The molecule has 5 nitrogen and oxygen atoms in total. The maximum atomic E-state index is 12.6. The van der Waals surface area contributed by atoms with Gasteiger partial charge in [-0.3, -0.25) is 4.79 Å². The summed E-state index contributed by atoms with van der Waals surface area (Å²) in [6.45, 7) is 0.988. The van der Waals surface area contributed by atoms with Crippen molar-refractivity contribution < 1.29 is 13.6 Å². The second-order valence-electron chi connectivity index (χ2n) is 6.10. The van der Waals surface area contributed by atoms with Crippen LogP contribution in [0.1, 0.15) is 25.1 Å². The highest BCUT2D eigenvalue weighted by molar-refractivity contribution is 6.29. The molecule has 0 bridgehead atoms. The Hall–Kier alpha value is -1.21. The first kappa shape index (κ1) is 18.1. The number of halogens is 3. The van der Waals surface area contributed by atoms with E-state index in [9.17, 15) is 13.6 Å². The number of carbonyl (C=O) groups is 1. The van der Waals surface area contributed by atoms with Crippen molar-refractivity contribution in [1.82, 2.24) is 19.4 Å². The zero-order valence-electron chi connectivity index (χ0n) is 13.5. The predicted molar refractivity (Wildman–Crippen MR) is 84.9 cm³/mol. The summed E-state index contributed by atoms with van der Waals surface area (Å²) in [6.07, 6.45) is 1.51. The molecule has 1 aromatic heterocycles. The molecule has 1 saturated heterocycles. The van der Waals surface area contributed by atoms with Crippen molar-refractivity contribution in [3.8, 4) is 0 Å². The Morgan fingerprint density at radius 3 is 2.91 bits per heavy atom. The number of piperidine rings is 1. The maximum Gasteiger partial charge on any atom is 0.256 e. The summed E-state index contributed by atoms with van der Waals surface area (Å²) in [7, 11) is 4.03. The quantitative estimate of drug-likeness (QED) is 0.792. The molecule has 0 spiro atoms. The number of nitrogens with zero attached hydrogens (tertiary/aromatic N) is 4. The van der Waals surface area contributed by atoms with Crippen LogP contribution in [-0.4, -0.2) is 64.9 Å². The van der Waals surface area contributed by atoms with Crippen LogP contribution in [0.4, 0.5) is 8.78 Å². The number of hydrogen-bond donors (Lipinski definition) is 0. The molecule has 1 aliphatic heterocycles. The summed E-state index contributed by atoms with van der Waals surface area (Å²) in [5.74, 6) is 0.476. The van der Waals surface area contributed by atoms with Gasteiger partial charge in [-0.25, -0.2) is 13.8 Å². The van der Waals surface area contributed by atoms with Crippen molar-refractivity contribution in [1.29, 1.82) is 0 Å². The van der Waals surface area contributed by atoms with Crippen molar-refractivity contribution in [3.63, 3.8) is 0 Å². The number of aryl methyl sites for hydroxylation is 1. The summed E-state index contributed by atoms with van der Waals surface area (Å²) in [6, 6.07) is 0.378. The molecule has 2 rings (SSSR count). The second kappa shape index (κ2) is 8.06. The SMILES string of the molecule is CN(C)C1CCCN(C(=O)CCc2ncc(Cl)n2CC(F)F)C1. The van der Waals surface area contributed by atoms with Crippen LogP contribution in [0.3, 0.4) is 0 Å². The van der Waals surface area contributed by atoms with Crippen LogP contribution in [0.2, 0.25) is 5.15 Å². The van der Waals surface area contributed by atoms with Gasteiger partial charge in [-0.1, -0.05) is 11.6 Å². The molecule has 0 radical (unpaired) electrons. The van der Waals surface area contributed by atoms with Gasteiger partial charge in [0.15, 0.2) is 0 Å². The van der Waals surface area contributed by atoms with Crippen LogP contribution >= 0.6 is 11.6 Å². The first-order chi connectivity index (χ1) is 10.9. The molecule has 1 amide bonds. The average molecular weight is 349 g/mol. The Morgan fingerprint density at radius 1 is 1.52 bits per heavy atom. The molecule has 1 aliphatic rings. The topological polar surface area (TPSA) is 41.4 Å². The number of rotatable bonds is 6. The number of carbonyl (C=O) groups excluding carboxylic acids is 1. The lowest BCUT2D eigenvalue weighted by Gasteiger charge is -2.36. The van der Waals surface area contributed by atoms with Gasteiger partial charge >= 0.3 is 0 Å². The lowest BCUT2D eigenvalue weighted by Crippen LogP contribution is -2.47. The smallest absolute Gasteiger partial charge is 0.256 e. The summed E-state index contributed by atoms with van der Waals surface area (Å²) >= 11 is 5.87. The van der Waals surface area contributed by atoms with Crippen molar-refractivity contribution in [2.75, 3.05) is 27.2 Å². The van der Waals surface area contributed by atoms with E-state index in [2.05, 4.69) is 9.88 Å². The van der Waals surface area contributed by atoms with Crippen LogP contribution in [0.5, 0.6) is 0 Å². The van der Waals surface area contributed by atoms with E-state index in [0.717, 1.165) is 25.9 Å². The van der Waals surface area contributed by atoms with E-state index in [1.807, 2.05) is 19.0 Å². The lowest BCUT2D eigenvalue weighted by molar-refractivity contribution is -0.133. The Kier molecular flexibility index (Phi) is 6.35. The van der Waals surface area contributed by atoms with Crippen LogP contribution in [-0.2, 0) is 17.8 Å². The predicted octanol–water partition coefficient (Wildman–Crippen LogP) is 2.29. The molecule has 0 saturated carbocycles. The van der Waals surface area contributed by atoms with E-state index in [4.69, 9.17) is 11.6 Å². The summed E-state index contributed by atoms with van der Waals surface area (Å²) in [4.78, 5) is 20.4. The van der Waals surface area contributed by atoms with Gasteiger partial charge in [0.05, 0.1) is 12.7 Å². The number of hydrogen-bond acceptors (Lipinski definition) is 3. The van der Waals surface area contributed by atoms with Gasteiger partial charge in [0.25, 0.3) is 6.43 Å². The number of likely N-dealkylation sites (N-methyl/N-ethyl adjacent to an activating group) is 1. The standard InChI is InChI=1S/C15H23ClF2N4O/c1-20(2)11-4-3-7-21(9-11)15(23)6-5-14-19-8-12(16)22(14)10-13(17)18/h8,11,13H,3-7,9-10H2,1-2H3. The molecule has 2 heterocycles. The number of alkyl halides is 2. The van der Waals surface area contributed by atoms with Crippen molar-refractivity contribution in [2.24, 2.45) is 0 Å². The Balaban J connectivity index is 1.92. The van der Waals surface area contributed by atoms with E-state index >= 15 is 0 Å². The van der Waals surface area contributed by atoms with E-state index in [1.54, 1.807) is 0 Å². The minimum Gasteiger partial charge on any atom is -0.341 e. The monoisotopic (exact) mass is 348 g/mol. The Morgan fingerprint density at radius 2 is 2.26 bits per heavy atom. The number of imidazole rings is 1. The molecule has 0 aromatic carbocycles. The fourth-order valence-electron chi connectivity index (χ4n) is 2.90. The number of amides is 1. The van der Waals surface area contributed by atoms with Gasteiger partial charge in [0, 0.05) is 32.0 Å². The molecule has 1 fully saturated rings. The van der Waals surface area contributed by atoms with Gasteiger partial charge in [0.2, 0.25) is 5.91 Å². The minimum absolute atomic E-state index is 0.0410. The van der Waals surface area contributed by atoms with Crippen molar-refractivity contribution >= 4 is 17.5 Å².